The molecule has 1 aliphatic rings. The third kappa shape index (κ3) is 3.60. The predicted octanol–water partition coefficient (Wildman–Crippen LogP) is 3.97. The highest BCUT2D eigenvalue weighted by Crippen LogP contribution is 2.42. The van der Waals surface area contributed by atoms with Gasteiger partial charge >= 0.3 is 0 Å². The summed E-state index contributed by atoms with van der Waals surface area (Å²) in [7, 11) is 0. The Morgan fingerprint density at radius 1 is 1.11 bits per heavy atom. The first kappa shape index (κ1) is 18.8. The van der Waals surface area contributed by atoms with E-state index in [9.17, 15) is 4.79 Å². The molecule has 0 saturated heterocycles. The standard InChI is InChI=1S/C22H23ClN4O/c23-18-3-1-2-17(14-18)22(15-24)10-6-19(7-11-22)27-21(28)5-4-20(26-27)16-8-12-25-13-9-16/h1-5,8-9,12-14,19H,6-7,10-11,15,24H2/t19-,22-. The number of hydrogen-bond acceptors (Lipinski definition) is 4. The summed E-state index contributed by atoms with van der Waals surface area (Å²) < 4.78 is 1.65. The van der Waals surface area contributed by atoms with Crippen LogP contribution < -0.4 is 11.3 Å². The zero-order chi connectivity index (χ0) is 19.6. The first-order chi connectivity index (χ1) is 13.6. The van der Waals surface area contributed by atoms with Crippen LogP contribution in [0.5, 0.6) is 0 Å². The Balaban J connectivity index is 1.59. The molecule has 3 aromatic rings. The molecule has 0 amide bonds. The normalized spacial score (nSPS) is 22.1. The molecule has 28 heavy (non-hydrogen) atoms. The van der Waals surface area contributed by atoms with Crippen LogP contribution in [0.1, 0.15) is 37.3 Å². The zero-order valence-electron chi connectivity index (χ0n) is 15.6. The smallest absolute Gasteiger partial charge is 0.267 e. The molecule has 0 atom stereocenters. The maximum Gasteiger partial charge on any atom is 0.267 e. The topological polar surface area (TPSA) is 73.8 Å². The Labute approximate surface area is 169 Å². The van der Waals surface area contributed by atoms with Crippen LogP contribution >= 0.6 is 11.6 Å². The van der Waals surface area contributed by atoms with Crippen molar-refractivity contribution in [3.8, 4) is 11.3 Å². The van der Waals surface area contributed by atoms with Crippen LogP contribution in [0.3, 0.4) is 0 Å². The van der Waals surface area contributed by atoms with E-state index in [1.807, 2.05) is 30.3 Å². The number of benzene rings is 1. The minimum Gasteiger partial charge on any atom is -0.330 e. The molecule has 144 valence electrons. The van der Waals surface area contributed by atoms with E-state index in [1.165, 1.54) is 5.56 Å². The molecule has 2 N–H and O–H groups in total. The molecule has 2 heterocycles. The molecule has 1 aliphatic carbocycles. The van der Waals surface area contributed by atoms with Gasteiger partial charge in [0.1, 0.15) is 0 Å². The van der Waals surface area contributed by atoms with Gasteiger partial charge in [-0.3, -0.25) is 9.78 Å². The van der Waals surface area contributed by atoms with E-state index in [4.69, 9.17) is 17.3 Å². The Morgan fingerprint density at radius 3 is 2.54 bits per heavy atom. The van der Waals surface area contributed by atoms with Gasteiger partial charge in [-0.05, 0) is 61.6 Å². The molecular weight excluding hydrogens is 372 g/mol. The molecule has 6 heteroatoms. The van der Waals surface area contributed by atoms with E-state index < -0.39 is 0 Å². The second-order valence-corrected chi connectivity index (χ2v) is 7.90. The molecular formula is C22H23ClN4O. The summed E-state index contributed by atoms with van der Waals surface area (Å²) in [6.45, 7) is 0.569. The molecule has 1 saturated carbocycles. The SMILES string of the molecule is NC[C@]1(c2cccc(Cl)c2)CC[C@H](n2nc(-c3ccncc3)ccc2=O)CC1. The minimum absolute atomic E-state index is 0.0641. The number of nitrogens with two attached hydrogens (primary N) is 1. The second kappa shape index (κ2) is 7.86. The van der Waals surface area contributed by atoms with Crippen molar-refractivity contribution in [2.75, 3.05) is 6.54 Å². The van der Waals surface area contributed by atoms with Crippen LogP contribution in [-0.2, 0) is 5.41 Å². The average Bonchev–Trinajstić information content (AvgIpc) is 2.75. The van der Waals surface area contributed by atoms with Gasteiger partial charge in [0.25, 0.3) is 5.56 Å². The van der Waals surface area contributed by atoms with Crippen molar-refractivity contribution in [3.63, 3.8) is 0 Å². The Kier molecular flexibility index (Phi) is 5.29. The molecule has 2 aromatic heterocycles. The average molecular weight is 395 g/mol. The Morgan fingerprint density at radius 2 is 1.86 bits per heavy atom. The zero-order valence-corrected chi connectivity index (χ0v) is 16.3. The number of aromatic nitrogens is 3. The van der Waals surface area contributed by atoms with Crippen molar-refractivity contribution in [2.45, 2.75) is 37.1 Å². The van der Waals surface area contributed by atoms with Crippen molar-refractivity contribution in [1.29, 1.82) is 0 Å². The first-order valence-electron chi connectivity index (χ1n) is 9.58. The lowest BCUT2D eigenvalue weighted by atomic mass is 9.68. The van der Waals surface area contributed by atoms with Gasteiger partial charge in [0.2, 0.25) is 0 Å². The van der Waals surface area contributed by atoms with Crippen LogP contribution in [0.25, 0.3) is 11.3 Å². The Hall–Kier alpha value is -2.50. The number of rotatable bonds is 4. The van der Waals surface area contributed by atoms with Crippen LogP contribution in [0.2, 0.25) is 5.02 Å². The highest BCUT2D eigenvalue weighted by molar-refractivity contribution is 6.30. The van der Waals surface area contributed by atoms with E-state index in [-0.39, 0.29) is 17.0 Å². The lowest BCUT2D eigenvalue weighted by molar-refractivity contribution is 0.222. The van der Waals surface area contributed by atoms with Crippen molar-refractivity contribution < 1.29 is 0 Å². The number of nitrogens with zero attached hydrogens (tertiary/aromatic N) is 3. The summed E-state index contributed by atoms with van der Waals surface area (Å²) in [5.74, 6) is 0. The third-order valence-electron chi connectivity index (χ3n) is 5.89. The molecule has 0 bridgehead atoms. The van der Waals surface area contributed by atoms with Gasteiger partial charge in [0.15, 0.2) is 0 Å². The maximum atomic E-state index is 12.5. The van der Waals surface area contributed by atoms with Gasteiger partial charge in [-0.15, -0.1) is 0 Å². The first-order valence-corrected chi connectivity index (χ1v) is 9.95. The van der Waals surface area contributed by atoms with Gasteiger partial charge in [-0.2, -0.15) is 5.10 Å². The maximum absolute atomic E-state index is 12.5. The minimum atomic E-state index is -0.0896. The molecule has 0 unspecified atom stereocenters. The summed E-state index contributed by atoms with van der Waals surface area (Å²) in [5.41, 5.74) is 8.97. The summed E-state index contributed by atoms with van der Waals surface area (Å²) >= 11 is 6.20. The van der Waals surface area contributed by atoms with Crippen molar-refractivity contribution in [3.05, 3.63) is 81.9 Å². The van der Waals surface area contributed by atoms with Gasteiger partial charge in [0, 0.05) is 41.0 Å². The summed E-state index contributed by atoms with van der Waals surface area (Å²) in [5, 5.41) is 5.38. The van der Waals surface area contributed by atoms with Crippen LogP contribution in [0.4, 0.5) is 0 Å². The van der Waals surface area contributed by atoms with Crippen LogP contribution in [-0.4, -0.2) is 21.3 Å². The van der Waals surface area contributed by atoms with E-state index in [2.05, 4.69) is 16.1 Å². The predicted molar refractivity (Wildman–Crippen MR) is 111 cm³/mol. The monoisotopic (exact) mass is 394 g/mol. The molecule has 5 nitrogen and oxygen atoms in total. The second-order valence-electron chi connectivity index (χ2n) is 7.46. The number of pyridine rings is 1. The van der Waals surface area contributed by atoms with E-state index in [0.717, 1.165) is 42.0 Å². The molecule has 4 rings (SSSR count). The lowest BCUT2D eigenvalue weighted by Crippen LogP contribution is -2.41. The van der Waals surface area contributed by atoms with Gasteiger partial charge in [0.05, 0.1) is 11.7 Å². The van der Waals surface area contributed by atoms with Crippen molar-refractivity contribution >= 4 is 11.6 Å². The summed E-state index contributed by atoms with van der Waals surface area (Å²) in [6.07, 6.45) is 6.98. The molecule has 0 radical (unpaired) electrons. The largest absolute Gasteiger partial charge is 0.330 e. The van der Waals surface area contributed by atoms with Gasteiger partial charge in [-0.1, -0.05) is 23.7 Å². The third-order valence-corrected chi connectivity index (χ3v) is 6.12. The molecule has 1 aromatic carbocycles. The molecule has 0 aliphatic heterocycles. The Bertz CT molecular complexity index is 1010. The fraction of sp³-hybridized carbons (Fsp3) is 0.318. The molecule has 1 fully saturated rings. The van der Waals surface area contributed by atoms with E-state index >= 15 is 0 Å². The van der Waals surface area contributed by atoms with E-state index in [1.54, 1.807) is 29.2 Å². The van der Waals surface area contributed by atoms with Crippen LogP contribution in [0.15, 0.2) is 65.7 Å². The van der Waals surface area contributed by atoms with E-state index in [0.29, 0.717) is 6.54 Å². The van der Waals surface area contributed by atoms with Gasteiger partial charge < -0.3 is 5.73 Å². The highest BCUT2D eigenvalue weighted by atomic mass is 35.5. The summed E-state index contributed by atoms with van der Waals surface area (Å²) in [4.78, 5) is 16.5. The fourth-order valence-electron chi connectivity index (χ4n) is 4.19. The number of hydrogen-bond donors (Lipinski definition) is 1. The number of halogens is 1. The fourth-order valence-corrected chi connectivity index (χ4v) is 4.38. The van der Waals surface area contributed by atoms with Crippen molar-refractivity contribution in [1.82, 2.24) is 14.8 Å². The van der Waals surface area contributed by atoms with Gasteiger partial charge in [-0.25, -0.2) is 4.68 Å². The van der Waals surface area contributed by atoms with Crippen LogP contribution in [0, 0.1) is 0 Å². The lowest BCUT2D eigenvalue weighted by Gasteiger charge is -2.40. The quantitative estimate of drug-likeness (QED) is 0.726. The molecule has 0 spiro atoms. The summed E-state index contributed by atoms with van der Waals surface area (Å²) in [6, 6.07) is 15.2. The highest BCUT2D eigenvalue weighted by Gasteiger charge is 2.37. The van der Waals surface area contributed by atoms with Crippen molar-refractivity contribution in [2.24, 2.45) is 5.73 Å².